The fourth-order valence-electron chi connectivity index (χ4n) is 4.19. The lowest BCUT2D eigenvalue weighted by atomic mass is 10.2. The molecule has 7 nitrogen and oxygen atoms in total. The average molecular weight is 454 g/mol. The maximum Gasteiger partial charge on any atom is 0.232 e. The fourth-order valence-corrected chi connectivity index (χ4v) is 5.24. The number of amides is 1. The van der Waals surface area contributed by atoms with Crippen molar-refractivity contribution >= 4 is 16.7 Å². The molecule has 1 amide bonds. The third-order valence-corrected chi connectivity index (χ3v) is 7.14. The maximum absolute atomic E-state index is 12.8. The van der Waals surface area contributed by atoms with E-state index in [1.54, 1.807) is 6.20 Å². The molecule has 2 atom stereocenters. The quantitative estimate of drug-likeness (QED) is 0.512. The van der Waals surface area contributed by atoms with Crippen LogP contribution in [0.4, 0.5) is 0 Å². The highest BCUT2D eigenvalue weighted by atomic mass is 32.2. The lowest BCUT2D eigenvalue weighted by molar-refractivity contribution is -0.118. The normalized spacial score (nSPS) is 16.2. The lowest BCUT2D eigenvalue weighted by Gasteiger charge is -2.23. The first-order valence-electron chi connectivity index (χ1n) is 11.2. The largest absolute Gasteiger partial charge is 0.355 e. The summed E-state index contributed by atoms with van der Waals surface area (Å²) < 4.78 is 16.6. The number of nitrogens with zero attached hydrogens (tertiary/aromatic N) is 4. The van der Waals surface area contributed by atoms with Gasteiger partial charge in [-0.1, -0.05) is 18.2 Å². The van der Waals surface area contributed by atoms with Crippen molar-refractivity contribution in [2.75, 3.05) is 25.4 Å². The van der Waals surface area contributed by atoms with Gasteiger partial charge < -0.3 is 14.8 Å². The molecular formula is C24H31N5O2S. The van der Waals surface area contributed by atoms with Crippen molar-refractivity contribution in [2.45, 2.75) is 38.0 Å². The summed E-state index contributed by atoms with van der Waals surface area (Å²) >= 11 is 0. The fraction of sp³-hybridized carbons (Fsp3) is 0.417. The third-order valence-electron chi connectivity index (χ3n) is 5.92. The van der Waals surface area contributed by atoms with E-state index in [0.29, 0.717) is 12.6 Å². The molecule has 0 radical (unpaired) electrons. The second-order valence-electron chi connectivity index (χ2n) is 8.29. The number of rotatable bonds is 10. The summed E-state index contributed by atoms with van der Waals surface area (Å²) in [4.78, 5) is 14.8. The zero-order valence-electron chi connectivity index (χ0n) is 18.5. The second-order valence-corrected chi connectivity index (χ2v) is 9.75. The molecule has 1 aromatic carbocycles. The molecule has 32 heavy (non-hydrogen) atoms. The number of aromatic nitrogens is 3. The van der Waals surface area contributed by atoms with Gasteiger partial charge in [0.05, 0.1) is 17.6 Å². The second kappa shape index (κ2) is 10.7. The van der Waals surface area contributed by atoms with Crippen molar-refractivity contribution in [1.29, 1.82) is 0 Å². The van der Waals surface area contributed by atoms with E-state index >= 15 is 0 Å². The van der Waals surface area contributed by atoms with Crippen molar-refractivity contribution in [3.63, 3.8) is 0 Å². The maximum atomic E-state index is 12.8. The van der Waals surface area contributed by atoms with Gasteiger partial charge in [0.25, 0.3) is 0 Å². The molecule has 2 unspecified atom stereocenters. The van der Waals surface area contributed by atoms with Gasteiger partial charge in [-0.25, -0.2) is 4.68 Å². The van der Waals surface area contributed by atoms with Gasteiger partial charge in [-0.2, -0.15) is 5.10 Å². The zero-order valence-corrected chi connectivity index (χ0v) is 19.3. The van der Waals surface area contributed by atoms with Gasteiger partial charge in [-0.05, 0) is 63.5 Å². The molecule has 4 rings (SSSR count). The summed E-state index contributed by atoms with van der Waals surface area (Å²) in [6.07, 6.45) is 9.08. The van der Waals surface area contributed by atoms with Crippen LogP contribution in [0.3, 0.4) is 0 Å². The summed E-state index contributed by atoms with van der Waals surface area (Å²) in [6, 6.07) is 14.2. The van der Waals surface area contributed by atoms with E-state index in [0.717, 1.165) is 36.6 Å². The van der Waals surface area contributed by atoms with Crippen molar-refractivity contribution in [3.05, 3.63) is 66.6 Å². The van der Waals surface area contributed by atoms with E-state index in [4.69, 9.17) is 0 Å². The molecule has 0 spiro atoms. The molecule has 0 saturated carbocycles. The number of benzene rings is 1. The van der Waals surface area contributed by atoms with E-state index in [1.165, 1.54) is 12.8 Å². The number of hydrogen-bond acceptors (Lipinski definition) is 4. The van der Waals surface area contributed by atoms with E-state index in [1.807, 2.05) is 64.1 Å². The Balaban J connectivity index is 1.36. The van der Waals surface area contributed by atoms with Crippen molar-refractivity contribution < 1.29 is 9.00 Å². The van der Waals surface area contributed by atoms with Gasteiger partial charge in [-0.3, -0.25) is 9.00 Å². The Bertz CT molecular complexity index is 1030. The van der Waals surface area contributed by atoms with Gasteiger partial charge in [0, 0.05) is 41.3 Å². The van der Waals surface area contributed by atoms with E-state index in [2.05, 4.69) is 22.2 Å². The van der Waals surface area contributed by atoms with Crippen LogP contribution in [0.5, 0.6) is 0 Å². The molecule has 1 fully saturated rings. The summed E-state index contributed by atoms with van der Waals surface area (Å²) in [5.41, 5.74) is 1.77. The predicted molar refractivity (Wildman–Crippen MR) is 128 cm³/mol. The van der Waals surface area contributed by atoms with Gasteiger partial charge in [0.15, 0.2) is 0 Å². The Labute approximate surface area is 191 Å². The highest BCUT2D eigenvalue weighted by Crippen LogP contribution is 2.21. The number of nitrogens with one attached hydrogen (secondary N) is 1. The van der Waals surface area contributed by atoms with E-state index in [-0.39, 0.29) is 17.4 Å². The molecule has 0 bridgehead atoms. The third kappa shape index (κ3) is 5.55. The highest BCUT2D eigenvalue weighted by molar-refractivity contribution is 7.84. The van der Waals surface area contributed by atoms with E-state index < -0.39 is 10.8 Å². The van der Waals surface area contributed by atoms with Crippen molar-refractivity contribution in [1.82, 2.24) is 24.6 Å². The van der Waals surface area contributed by atoms with Crippen LogP contribution in [0.15, 0.2) is 61.1 Å². The Kier molecular flexibility index (Phi) is 7.55. The van der Waals surface area contributed by atoms with Crippen LogP contribution < -0.4 is 5.32 Å². The molecule has 1 aliphatic rings. The number of likely N-dealkylation sites (tertiary alicyclic amines) is 1. The first kappa shape index (κ1) is 22.5. The van der Waals surface area contributed by atoms with Crippen LogP contribution in [0.2, 0.25) is 0 Å². The topological polar surface area (TPSA) is 72.2 Å². The summed E-state index contributed by atoms with van der Waals surface area (Å²) in [7, 11) is -1.32. The van der Waals surface area contributed by atoms with Crippen LogP contribution in [0.25, 0.3) is 11.5 Å². The highest BCUT2D eigenvalue weighted by Gasteiger charge is 2.19. The molecule has 8 heteroatoms. The summed E-state index contributed by atoms with van der Waals surface area (Å²) in [6.45, 7) is 5.14. The Morgan fingerprint density at radius 1 is 1.12 bits per heavy atom. The molecule has 1 N–H and O–H groups in total. The minimum Gasteiger partial charge on any atom is -0.355 e. The molecule has 3 heterocycles. The van der Waals surface area contributed by atoms with Crippen LogP contribution in [0, 0.1) is 0 Å². The molecule has 170 valence electrons. The van der Waals surface area contributed by atoms with Gasteiger partial charge in [0.1, 0.15) is 11.6 Å². The van der Waals surface area contributed by atoms with Crippen LogP contribution in [-0.4, -0.2) is 60.8 Å². The lowest BCUT2D eigenvalue weighted by Crippen LogP contribution is -2.35. The Hall–Kier alpha value is -2.71. The van der Waals surface area contributed by atoms with Gasteiger partial charge in [0.2, 0.25) is 5.91 Å². The van der Waals surface area contributed by atoms with Crippen LogP contribution in [-0.2, 0) is 21.3 Å². The number of para-hydroxylation sites is 1. The molecule has 1 saturated heterocycles. The van der Waals surface area contributed by atoms with Crippen LogP contribution in [0.1, 0.15) is 31.7 Å². The number of carbonyl (C=O) groups excluding carboxylic acids is 1. The van der Waals surface area contributed by atoms with E-state index in [9.17, 15) is 9.00 Å². The molecule has 3 aromatic rings. The van der Waals surface area contributed by atoms with Crippen molar-refractivity contribution in [3.8, 4) is 11.5 Å². The zero-order chi connectivity index (χ0) is 22.3. The number of hydrogen-bond donors (Lipinski definition) is 1. The minimum atomic E-state index is -1.32. The summed E-state index contributed by atoms with van der Waals surface area (Å²) in [5, 5.41) is 7.48. The SMILES string of the molecule is CC(CCNC(=O)CS(=O)Cc1cnn(-c2ccccc2)c1-n1cccc1)N1CCCC1. The smallest absolute Gasteiger partial charge is 0.232 e. The van der Waals surface area contributed by atoms with Crippen LogP contribution >= 0.6 is 0 Å². The van der Waals surface area contributed by atoms with Crippen molar-refractivity contribution in [2.24, 2.45) is 0 Å². The molecule has 1 aliphatic heterocycles. The Morgan fingerprint density at radius 3 is 2.56 bits per heavy atom. The van der Waals surface area contributed by atoms with Gasteiger partial charge >= 0.3 is 0 Å². The van der Waals surface area contributed by atoms with Gasteiger partial charge in [-0.15, -0.1) is 0 Å². The molecule has 2 aromatic heterocycles. The minimum absolute atomic E-state index is 0.000267. The summed E-state index contributed by atoms with van der Waals surface area (Å²) in [5.74, 6) is 0.960. The molecule has 0 aliphatic carbocycles. The average Bonchev–Trinajstić information content (AvgIpc) is 3.55. The first-order valence-corrected chi connectivity index (χ1v) is 12.7. The monoisotopic (exact) mass is 453 g/mol. The predicted octanol–water partition coefficient (Wildman–Crippen LogP) is 2.90. The Morgan fingerprint density at radius 2 is 1.84 bits per heavy atom. The number of carbonyl (C=O) groups is 1. The first-order chi connectivity index (χ1) is 15.6. The standard InChI is InChI=1S/C24H31N5O2S/c1-20(27-13-5-6-14-27)11-12-25-23(30)19-32(31)18-21-17-26-29(22-9-3-2-4-10-22)24(21)28-15-7-8-16-28/h2-4,7-10,15-17,20H,5-6,11-14,18-19H2,1H3,(H,25,30). The molecular weight excluding hydrogens is 422 g/mol.